The van der Waals surface area contributed by atoms with Crippen LogP contribution >= 0.6 is 0 Å². The summed E-state index contributed by atoms with van der Waals surface area (Å²) >= 11 is 0. The average molecular weight is 362 g/mol. The Morgan fingerprint density at radius 1 is 0.889 bits per heavy atom. The maximum atomic E-state index is 12.1. The molecule has 3 aromatic carbocycles. The quantitative estimate of drug-likeness (QED) is 0.676. The number of rotatable bonds is 7. The van der Waals surface area contributed by atoms with Crippen LogP contribution < -0.4 is 15.4 Å². The van der Waals surface area contributed by atoms with Crippen LogP contribution in [0.4, 0.5) is 5.69 Å². The van der Waals surface area contributed by atoms with Crippen molar-refractivity contribution in [1.82, 2.24) is 5.32 Å². The Morgan fingerprint density at radius 2 is 1.63 bits per heavy atom. The van der Waals surface area contributed by atoms with E-state index in [1.54, 1.807) is 7.05 Å². The molecule has 0 atom stereocenters. The van der Waals surface area contributed by atoms with Gasteiger partial charge in [-0.1, -0.05) is 42.5 Å². The monoisotopic (exact) mass is 362 g/mol. The highest BCUT2D eigenvalue weighted by molar-refractivity contribution is 5.92. The number of hydrogen-bond donors (Lipinski definition) is 2. The van der Waals surface area contributed by atoms with Gasteiger partial charge in [-0.15, -0.1) is 0 Å². The predicted molar refractivity (Wildman–Crippen MR) is 107 cm³/mol. The van der Waals surface area contributed by atoms with Crippen molar-refractivity contribution < 1.29 is 14.3 Å². The largest absolute Gasteiger partial charge is 0.484 e. The second-order valence-corrected chi connectivity index (χ2v) is 6.22. The van der Waals surface area contributed by atoms with Crippen molar-refractivity contribution in [3.05, 3.63) is 72.3 Å². The first kappa shape index (κ1) is 18.5. The number of carbonyl (C=O) groups is 2. The molecule has 5 nitrogen and oxygen atoms in total. The van der Waals surface area contributed by atoms with Crippen molar-refractivity contribution >= 4 is 28.3 Å². The SMILES string of the molecule is CNC(=O)CCc1ccc(NC(=O)COc2ccc3ccccc3c2)cc1. The lowest BCUT2D eigenvalue weighted by atomic mass is 10.1. The fourth-order valence-electron chi connectivity index (χ4n) is 2.74. The Labute approximate surface area is 158 Å². The highest BCUT2D eigenvalue weighted by Crippen LogP contribution is 2.20. The van der Waals surface area contributed by atoms with Gasteiger partial charge in [-0.3, -0.25) is 9.59 Å². The summed E-state index contributed by atoms with van der Waals surface area (Å²) in [6.07, 6.45) is 1.11. The molecule has 138 valence electrons. The molecule has 0 saturated carbocycles. The zero-order valence-corrected chi connectivity index (χ0v) is 15.2. The normalized spacial score (nSPS) is 10.4. The van der Waals surface area contributed by atoms with E-state index in [1.807, 2.05) is 66.7 Å². The average Bonchev–Trinajstić information content (AvgIpc) is 2.71. The summed E-state index contributed by atoms with van der Waals surface area (Å²) in [6.45, 7) is -0.0588. The molecule has 5 heteroatoms. The standard InChI is InChI=1S/C22H22N2O3/c1-23-21(25)13-8-16-6-10-19(11-7-16)24-22(26)15-27-20-12-9-17-4-2-3-5-18(17)14-20/h2-7,9-12,14H,8,13,15H2,1H3,(H,23,25)(H,24,26). The number of anilines is 1. The van der Waals surface area contributed by atoms with Gasteiger partial charge in [0.15, 0.2) is 6.61 Å². The number of carbonyl (C=O) groups excluding carboxylic acids is 2. The van der Waals surface area contributed by atoms with Crippen LogP contribution in [0.3, 0.4) is 0 Å². The van der Waals surface area contributed by atoms with E-state index in [0.717, 1.165) is 16.3 Å². The second-order valence-electron chi connectivity index (χ2n) is 6.22. The second kappa shape index (κ2) is 8.85. The van der Waals surface area contributed by atoms with Crippen molar-refractivity contribution in [1.29, 1.82) is 0 Å². The van der Waals surface area contributed by atoms with Crippen LogP contribution in [-0.4, -0.2) is 25.5 Å². The van der Waals surface area contributed by atoms with Gasteiger partial charge >= 0.3 is 0 Å². The fraction of sp³-hybridized carbons (Fsp3) is 0.182. The number of nitrogens with one attached hydrogen (secondary N) is 2. The van der Waals surface area contributed by atoms with Gasteiger partial charge in [-0.05, 0) is 47.0 Å². The van der Waals surface area contributed by atoms with Crippen molar-refractivity contribution in [3.8, 4) is 5.75 Å². The molecule has 0 saturated heterocycles. The van der Waals surface area contributed by atoms with Crippen LogP contribution in [0.25, 0.3) is 10.8 Å². The molecule has 2 amide bonds. The van der Waals surface area contributed by atoms with Gasteiger partial charge in [0, 0.05) is 19.2 Å². The lowest BCUT2D eigenvalue weighted by Gasteiger charge is -2.09. The molecular weight excluding hydrogens is 340 g/mol. The zero-order chi connectivity index (χ0) is 19.1. The van der Waals surface area contributed by atoms with E-state index >= 15 is 0 Å². The van der Waals surface area contributed by atoms with E-state index < -0.39 is 0 Å². The van der Waals surface area contributed by atoms with Crippen LogP contribution in [0.2, 0.25) is 0 Å². The Hall–Kier alpha value is -3.34. The Kier molecular flexibility index (Phi) is 6.05. The number of fused-ring (bicyclic) bond motifs is 1. The van der Waals surface area contributed by atoms with Gasteiger partial charge in [-0.2, -0.15) is 0 Å². The van der Waals surface area contributed by atoms with E-state index in [0.29, 0.717) is 24.3 Å². The van der Waals surface area contributed by atoms with Crippen molar-refractivity contribution in [2.45, 2.75) is 12.8 Å². The van der Waals surface area contributed by atoms with Crippen molar-refractivity contribution in [2.24, 2.45) is 0 Å². The van der Waals surface area contributed by atoms with Gasteiger partial charge in [0.25, 0.3) is 5.91 Å². The molecule has 27 heavy (non-hydrogen) atoms. The van der Waals surface area contributed by atoms with Gasteiger partial charge in [0.2, 0.25) is 5.91 Å². The van der Waals surface area contributed by atoms with Crippen LogP contribution in [0.1, 0.15) is 12.0 Å². The minimum atomic E-state index is -0.221. The third-order valence-electron chi connectivity index (χ3n) is 4.25. The molecule has 0 bridgehead atoms. The van der Waals surface area contributed by atoms with Crippen molar-refractivity contribution in [2.75, 3.05) is 19.0 Å². The topological polar surface area (TPSA) is 67.4 Å². The van der Waals surface area contributed by atoms with Crippen molar-refractivity contribution in [3.63, 3.8) is 0 Å². The summed E-state index contributed by atoms with van der Waals surface area (Å²) in [5.41, 5.74) is 1.75. The zero-order valence-electron chi connectivity index (χ0n) is 15.2. The van der Waals surface area contributed by atoms with Gasteiger partial charge in [0.05, 0.1) is 0 Å². The van der Waals surface area contributed by atoms with Crippen LogP contribution in [0.5, 0.6) is 5.75 Å². The molecule has 3 rings (SSSR count). The molecule has 0 aliphatic heterocycles. The minimum Gasteiger partial charge on any atom is -0.484 e. The maximum absolute atomic E-state index is 12.1. The van der Waals surface area contributed by atoms with E-state index in [-0.39, 0.29) is 18.4 Å². The first-order valence-corrected chi connectivity index (χ1v) is 8.85. The van der Waals surface area contributed by atoms with E-state index in [4.69, 9.17) is 4.74 Å². The summed E-state index contributed by atoms with van der Waals surface area (Å²) in [4.78, 5) is 23.4. The molecule has 0 fully saturated rings. The number of amides is 2. The number of ether oxygens (including phenoxy) is 1. The number of benzene rings is 3. The highest BCUT2D eigenvalue weighted by atomic mass is 16.5. The molecule has 3 aromatic rings. The molecule has 0 aromatic heterocycles. The molecule has 0 aliphatic carbocycles. The van der Waals surface area contributed by atoms with E-state index in [1.165, 1.54) is 0 Å². The predicted octanol–water partition coefficient (Wildman–Crippen LogP) is 3.54. The molecule has 0 unspecified atom stereocenters. The minimum absolute atomic E-state index is 0.0122. The first-order chi connectivity index (χ1) is 13.1. The lowest BCUT2D eigenvalue weighted by molar-refractivity contribution is -0.120. The van der Waals surface area contributed by atoms with Crippen LogP contribution in [0, 0.1) is 0 Å². The van der Waals surface area contributed by atoms with Gasteiger partial charge in [0.1, 0.15) is 5.75 Å². The molecular formula is C22H22N2O3. The highest BCUT2D eigenvalue weighted by Gasteiger charge is 2.05. The molecule has 2 N–H and O–H groups in total. The van der Waals surface area contributed by atoms with Gasteiger partial charge < -0.3 is 15.4 Å². The number of aryl methyl sites for hydroxylation is 1. The molecule has 0 radical (unpaired) electrons. The third kappa shape index (κ3) is 5.31. The summed E-state index contributed by atoms with van der Waals surface area (Å²) in [7, 11) is 1.63. The first-order valence-electron chi connectivity index (χ1n) is 8.85. The summed E-state index contributed by atoms with van der Waals surface area (Å²) in [5, 5.41) is 7.61. The van der Waals surface area contributed by atoms with E-state index in [2.05, 4.69) is 10.6 Å². The Morgan fingerprint density at radius 3 is 2.37 bits per heavy atom. The third-order valence-corrected chi connectivity index (χ3v) is 4.25. The smallest absolute Gasteiger partial charge is 0.262 e. The molecule has 0 spiro atoms. The molecule has 0 aliphatic rings. The summed E-state index contributed by atoms with van der Waals surface area (Å²) in [5.74, 6) is 0.452. The number of hydrogen-bond acceptors (Lipinski definition) is 3. The fourth-order valence-corrected chi connectivity index (χ4v) is 2.74. The summed E-state index contributed by atoms with van der Waals surface area (Å²) < 4.78 is 5.59. The van der Waals surface area contributed by atoms with E-state index in [9.17, 15) is 9.59 Å². The van der Waals surface area contributed by atoms with Crippen LogP contribution in [0.15, 0.2) is 66.7 Å². The maximum Gasteiger partial charge on any atom is 0.262 e. The van der Waals surface area contributed by atoms with Crippen LogP contribution in [-0.2, 0) is 16.0 Å². The van der Waals surface area contributed by atoms with Gasteiger partial charge in [-0.25, -0.2) is 0 Å². The Bertz CT molecular complexity index is 936. The summed E-state index contributed by atoms with van der Waals surface area (Å²) in [6, 6.07) is 21.2. The molecule has 0 heterocycles. The Balaban J connectivity index is 1.50. The lowest BCUT2D eigenvalue weighted by Crippen LogP contribution is -2.20.